The number of aromatic nitrogens is 1. The number of piperidine rings is 1. The van der Waals surface area contributed by atoms with E-state index in [0.29, 0.717) is 17.3 Å². The second-order valence-electron chi connectivity index (χ2n) is 7.32. The highest BCUT2D eigenvalue weighted by molar-refractivity contribution is 6.30. The lowest BCUT2D eigenvalue weighted by molar-refractivity contribution is 0.0915. The molecule has 1 fully saturated rings. The molecule has 2 aromatic carbocycles. The number of benzene rings is 2. The fourth-order valence-corrected chi connectivity index (χ4v) is 3.90. The molecule has 0 aliphatic carbocycles. The predicted octanol–water partition coefficient (Wildman–Crippen LogP) is 4.95. The molecule has 0 spiro atoms. The van der Waals surface area contributed by atoms with Gasteiger partial charge in [-0.25, -0.2) is 0 Å². The molecular formula is C23H24ClN3O2. The SMILES string of the molecule is O=C(NC[C@H](c1ccccc1)N1CCCCC1)c1cc(-c2ccc(Cl)cc2)on1. The molecule has 29 heavy (non-hydrogen) atoms. The maximum Gasteiger partial charge on any atom is 0.273 e. The summed E-state index contributed by atoms with van der Waals surface area (Å²) in [5.41, 5.74) is 2.33. The Morgan fingerprint density at radius 1 is 1.07 bits per heavy atom. The molecule has 1 saturated heterocycles. The molecule has 1 atom stereocenters. The Kier molecular flexibility index (Phi) is 6.27. The van der Waals surface area contributed by atoms with Crippen molar-refractivity contribution in [1.29, 1.82) is 0 Å². The topological polar surface area (TPSA) is 58.4 Å². The number of rotatable bonds is 6. The van der Waals surface area contributed by atoms with Crippen LogP contribution < -0.4 is 5.32 Å². The summed E-state index contributed by atoms with van der Waals surface area (Å²) < 4.78 is 5.36. The monoisotopic (exact) mass is 409 g/mol. The lowest BCUT2D eigenvalue weighted by Gasteiger charge is -2.35. The van der Waals surface area contributed by atoms with Crippen molar-refractivity contribution in [3.8, 4) is 11.3 Å². The first-order chi connectivity index (χ1) is 14.2. The summed E-state index contributed by atoms with van der Waals surface area (Å²) >= 11 is 5.93. The highest BCUT2D eigenvalue weighted by atomic mass is 35.5. The summed E-state index contributed by atoms with van der Waals surface area (Å²) in [6.45, 7) is 2.65. The number of hydrogen-bond acceptors (Lipinski definition) is 4. The van der Waals surface area contributed by atoms with E-state index < -0.39 is 0 Å². The van der Waals surface area contributed by atoms with Gasteiger partial charge in [0.25, 0.3) is 5.91 Å². The fourth-order valence-electron chi connectivity index (χ4n) is 3.78. The smallest absolute Gasteiger partial charge is 0.273 e. The normalized spacial score (nSPS) is 15.8. The third-order valence-electron chi connectivity index (χ3n) is 5.34. The van der Waals surface area contributed by atoms with Crippen LogP contribution in [0.5, 0.6) is 0 Å². The number of nitrogens with one attached hydrogen (secondary N) is 1. The zero-order chi connectivity index (χ0) is 20.1. The van der Waals surface area contributed by atoms with Crippen molar-refractivity contribution >= 4 is 17.5 Å². The first-order valence-corrected chi connectivity index (χ1v) is 10.4. The van der Waals surface area contributed by atoms with Crippen LogP contribution in [0.3, 0.4) is 0 Å². The Hall–Kier alpha value is -2.63. The largest absolute Gasteiger partial charge is 0.355 e. The van der Waals surface area contributed by atoms with Crippen LogP contribution in [-0.4, -0.2) is 35.6 Å². The summed E-state index contributed by atoms with van der Waals surface area (Å²) in [5.74, 6) is 0.314. The van der Waals surface area contributed by atoms with Gasteiger partial charge in [-0.05, 0) is 55.8 Å². The molecule has 0 unspecified atom stereocenters. The summed E-state index contributed by atoms with van der Waals surface area (Å²) in [4.78, 5) is 15.1. The van der Waals surface area contributed by atoms with Crippen molar-refractivity contribution in [2.24, 2.45) is 0 Å². The van der Waals surface area contributed by atoms with Gasteiger partial charge in [0.05, 0.1) is 6.04 Å². The van der Waals surface area contributed by atoms with Crippen LogP contribution in [0.4, 0.5) is 0 Å². The van der Waals surface area contributed by atoms with E-state index in [2.05, 4.69) is 27.5 Å². The second kappa shape index (κ2) is 9.25. The lowest BCUT2D eigenvalue weighted by Crippen LogP contribution is -2.40. The van der Waals surface area contributed by atoms with E-state index in [4.69, 9.17) is 16.1 Å². The van der Waals surface area contributed by atoms with Gasteiger partial charge in [0.15, 0.2) is 11.5 Å². The number of hydrogen-bond donors (Lipinski definition) is 1. The standard InChI is InChI=1S/C23H24ClN3O2/c24-19-11-9-18(10-12-19)22-15-20(26-29-22)23(28)25-16-21(17-7-3-1-4-8-17)27-13-5-2-6-14-27/h1,3-4,7-12,15,21H,2,5-6,13-14,16H2,(H,25,28)/t21-/m1/s1. The molecule has 0 saturated carbocycles. The Labute approximate surface area is 175 Å². The van der Waals surface area contributed by atoms with Gasteiger partial charge in [-0.15, -0.1) is 0 Å². The fraction of sp³-hybridized carbons (Fsp3) is 0.304. The third-order valence-corrected chi connectivity index (χ3v) is 5.60. The average molecular weight is 410 g/mol. The summed E-state index contributed by atoms with van der Waals surface area (Å²) in [6, 6.07) is 19.4. The molecule has 5 nitrogen and oxygen atoms in total. The Bertz CT molecular complexity index is 934. The summed E-state index contributed by atoms with van der Waals surface area (Å²) in [5, 5.41) is 7.64. The number of nitrogens with zero attached hydrogens (tertiary/aromatic N) is 2. The number of likely N-dealkylation sites (tertiary alicyclic amines) is 1. The maximum absolute atomic E-state index is 12.7. The number of carbonyl (C=O) groups excluding carboxylic acids is 1. The molecule has 3 aromatic rings. The first kappa shape index (κ1) is 19.7. The molecule has 150 valence electrons. The number of amides is 1. The van der Waals surface area contributed by atoms with Crippen LogP contribution in [0.2, 0.25) is 5.02 Å². The zero-order valence-corrected chi connectivity index (χ0v) is 16.9. The molecule has 4 rings (SSSR count). The molecule has 1 aliphatic rings. The quantitative estimate of drug-likeness (QED) is 0.625. The van der Waals surface area contributed by atoms with Crippen molar-refractivity contribution < 1.29 is 9.32 Å². The van der Waals surface area contributed by atoms with E-state index in [-0.39, 0.29) is 17.6 Å². The Morgan fingerprint density at radius 3 is 2.52 bits per heavy atom. The van der Waals surface area contributed by atoms with E-state index >= 15 is 0 Å². The van der Waals surface area contributed by atoms with Crippen molar-refractivity contribution in [1.82, 2.24) is 15.4 Å². The third kappa shape index (κ3) is 4.86. The van der Waals surface area contributed by atoms with Crippen LogP contribution in [0.25, 0.3) is 11.3 Å². The predicted molar refractivity (Wildman–Crippen MR) is 114 cm³/mol. The van der Waals surface area contributed by atoms with Crippen LogP contribution in [-0.2, 0) is 0 Å². The van der Waals surface area contributed by atoms with E-state index in [1.165, 1.54) is 24.8 Å². The molecule has 0 bridgehead atoms. The van der Waals surface area contributed by atoms with E-state index in [9.17, 15) is 4.79 Å². The van der Waals surface area contributed by atoms with Gasteiger partial charge in [-0.3, -0.25) is 9.69 Å². The van der Waals surface area contributed by atoms with Gasteiger partial charge in [-0.2, -0.15) is 0 Å². The molecule has 0 radical (unpaired) electrons. The highest BCUT2D eigenvalue weighted by Crippen LogP contribution is 2.25. The number of halogens is 1. The molecule has 1 aliphatic heterocycles. The van der Waals surface area contributed by atoms with Crippen LogP contribution in [0, 0.1) is 0 Å². The van der Waals surface area contributed by atoms with Crippen molar-refractivity contribution in [3.63, 3.8) is 0 Å². The molecule has 1 aromatic heterocycles. The van der Waals surface area contributed by atoms with E-state index in [1.54, 1.807) is 18.2 Å². The van der Waals surface area contributed by atoms with Gasteiger partial charge < -0.3 is 9.84 Å². The second-order valence-corrected chi connectivity index (χ2v) is 7.75. The maximum atomic E-state index is 12.7. The lowest BCUT2D eigenvalue weighted by atomic mass is 10.0. The summed E-state index contributed by atoms with van der Waals surface area (Å²) in [6.07, 6.45) is 3.67. The molecule has 2 heterocycles. The van der Waals surface area contributed by atoms with Gasteiger partial charge in [-0.1, -0.05) is 53.5 Å². The Balaban J connectivity index is 1.44. The van der Waals surface area contributed by atoms with Gasteiger partial charge in [0.1, 0.15) is 0 Å². The summed E-state index contributed by atoms with van der Waals surface area (Å²) in [7, 11) is 0. The van der Waals surface area contributed by atoms with Crippen molar-refractivity contribution in [2.45, 2.75) is 25.3 Å². The van der Waals surface area contributed by atoms with Crippen LogP contribution >= 0.6 is 11.6 Å². The number of carbonyl (C=O) groups is 1. The van der Waals surface area contributed by atoms with Crippen molar-refractivity contribution in [2.75, 3.05) is 19.6 Å². The first-order valence-electron chi connectivity index (χ1n) is 10.0. The average Bonchev–Trinajstić information content (AvgIpc) is 3.26. The molecule has 6 heteroatoms. The van der Waals surface area contributed by atoms with Gasteiger partial charge >= 0.3 is 0 Å². The van der Waals surface area contributed by atoms with E-state index in [0.717, 1.165) is 18.7 Å². The minimum atomic E-state index is -0.230. The van der Waals surface area contributed by atoms with Crippen LogP contribution in [0.15, 0.2) is 65.2 Å². The van der Waals surface area contributed by atoms with Crippen molar-refractivity contribution in [3.05, 3.63) is 76.9 Å². The van der Waals surface area contributed by atoms with E-state index in [1.807, 2.05) is 30.3 Å². The zero-order valence-electron chi connectivity index (χ0n) is 16.2. The Morgan fingerprint density at radius 2 is 1.79 bits per heavy atom. The highest BCUT2D eigenvalue weighted by Gasteiger charge is 2.23. The van der Waals surface area contributed by atoms with Gasteiger partial charge in [0.2, 0.25) is 0 Å². The molecule has 1 amide bonds. The minimum absolute atomic E-state index is 0.156. The molecular weight excluding hydrogens is 386 g/mol. The van der Waals surface area contributed by atoms with Gasteiger partial charge in [0, 0.05) is 23.2 Å². The van der Waals surface area contributed by atoms with Crippen LogP contribution in [0.1, 0.15) is 41.4 Å². The minimum Gasteiger partial charge on any atom is -0.355 e. The molecule has 1 N–H and O–H groups in total.